The molecular weight excluding hydrogens is 184 g/mol. The van der Waals surface area contributed by atoms with Crippen LogP contribution in [0.1, 0.15) is 44.2 Å². The van der Waals surface area contributed by atoms with Gasteiger partial charge in [-0.25, -0.2) is 0 Å². The first-order valence-electron chi connectivity index (χ1n) is 6.02. The SMILES string of the molecule is CCCC1CC1(O)c1ccc(CC)cc1. The van der Waals surface area contributed by atoms with Gasteiger partial charge in [0.25, 0.3) is 0 Å². The summed E-state index contributed by atoms with van der Waals surface area (Å²) in [6.45, 7) is 4.33. The molecule has 0 spiro atoms. The standard InChI is InChI=1S/C14H20O/c1-3-5-13-10-14(13,15)12-8-6-11(4-2)7-9-12/h6-9,13,15H,3-5,10H2,1-2H3. The molecule has 1 aromatic carbocycles. The van der Waals surface area contributed by atoms with Crippen molar-refractivity contribution < 1.29 is 5.11 Å². The Morgan fingerprint density at radius 1 is 1.27 bits per heavy atom. The van der Waals surface area contributed by atoms with Crippen LogP contribution in [-0.4, -0.2) is 5.11 Å². The summed E-state index contributed by atoms with van der Waals surface area (Å²) in [6.07, 6.45) is 4.33. The van der Waals surface area contributed by atoms with Gasteiger partial charge in [0.15, 0.2) is 0 Å². The smallest absolute Gasteiger partial charge is 0.0929 e. The largest absolute Gasteiger partial charge is 0.385 e. The van der Waals surface area contributed by atoms with Crippen molar-refractivity contribution in [2.45, 2.75) is 45.1 Å². The van der Waals surface area contributed by atoms with E-state index in [1.807, 2.05) is 0 Å². The minimum absolute atomic E-state index is 0.495. The van der Waals surface area contributed by atoms with Crippen LogP contribution in [-0.2, 0) is 12.0 Å². The first-order chi connectivity index (χ1) is 7.20. The number of hydrogen-bond donors (Lipinski definition) is 1. The molecule has 0 aromatic heterocycles. The summed E-state index contributed by atoms with van der Waals surface area (Å²) in [5, 5.41) is 10.4. The summed E-state index contributed by atoms with van der Waals surface area (Å²) in [5.41, 5.74) is 1.95. The highest BCUT2D eigenvalue weighted by Crippen LogP contribution is 2.54. The molecule has 0 amide bonds. The molecule has 0 radical (unpaired) electrons. The van der Waals surface area contributed by atoms with E-state index in [2.05, 4.69) is 38.1 Å². The third-order valence-electron chi connectivity index (χ3n) is 3.57. The summed E-state index contributed by atoms with van der Waals surface area (Å²) in [7, 11) is 0. The molecule has 1 aliphatic carbocycles. The molecule has 15 heavy (non-hydrogen) atoms. The van der Waals surface area contributed by atoms with Crippen LogP contribution in [0.15, 0.2) is 24.3 Å². The minimum Gasteiger partial charge on any atom is -0.385 e. The van der Waals surface area contributed by atoms with Gasteiger partial charge in [-0.05, 0) is 36.3 Å². The molecule has 2 atom stereocenters. The molecule has 82 valence electrons. The number of aryl methyl sites for hydroxylation is 1. The highest BCUT2D eigenvalue weighted by molar-refractivity contribution is 5.32. The highest BCUT2D eigenvalue weighted by atomic mass is 16.3. The highest BCUT2D eigenvalue weighted by Gasteiger charge is 2.52. The van der Waals surface area contributed by atoms with Crippen molar-refractivity contribution >= 4 is 0 Å². The molecule has 0 heterocycles. The van der Waals surface area contributed by atoms with Crippen molar-refractivity contribution in [2.24, 2.45) is 5.92 Å². The number of rotatable bonds is 4. The van der Waals surface area contributed by atoms with Crippen molar-refractivity contribution in [1.29, 1.82) is 0 Å². The summed E-state index contributed by atoms with van der Waals surface area (Å²) >= 11 is 0. The van der Waals surface area contributed by atoms with Crippen LogP contribution in [0.4, 0.5) is 0 Å². The van der Waals surface area contributed by atoms with Gasteiger partial charge in [0, 0.05) is 0 Å². The number of benzene rings is 1. The lowest BCUT2D eigenvalue weighted by molar-refractivity contribution is 0.129. The van der Waals surface area contributed by atoms with E-state index in [1.54, 1.807) is 0 Å². The van der Waals surface area contributed by atoms with E-state index < -0.39 is 5.60 Å². The first kappa shape index (κ1) is 10.7. The molecule has 1 fully saturated rings. The molecule has 2 rings (SSSR count). The predicted octanol–water partition coefficient (Wildman–Crippen LogP) is 3.26. The molecule has 1 N–H and O–H groups in total. The summed E-state index contributed by atoms with van der Waals surface area (Å²) in [6, 6.07) is 8.45. The Hall–Kier alpha value is -0.820. The zero-order valence-electron chi connectivity index (χ0n) is 9.66. The average molecular weight is 204 g/mol. The van der Waals surface area contributed by atoms with Crippen LogP contribution in [0, 0.1) is 5.92 Å². The topological polar surface area (TPSA) is 20.2 Å². The zero-order chi connectivity index (χ0) is 10.9. The van der Waals surface area contributed by atoms with Crippen LogP contribution in [0.3, 0.4) is 0 Å². The lowest BCUT2D eigenvalue weighted by Crippen LogP contribution is -2.08. The molecule has 0 aliphatic heterocycles. The van der Waals surface area contributed by atoms with Crippen LogP contribution in [0.2, 0.25) is 0 Å². The third-order valence-corrected chi connectivity index (χ3v) is 3.57. The van der Waals surface area contributed by atoms with E-state index in [9.17, 15) is 5.11 Å². The quantitative estimate of drug-likeness (QED) is 0.798. The predicted molar refractivity (Wildman–Crippen MR) is 62.7 cm³/mol. The Kier molecular flexibility index (Phi) is 2.83. The zero-order valence-corrected chi connectivity index (χ0v) is 9.66. The average Bonchev–Trinajstić information content (AvgIpc) is 2.92. The fourth-order valence-electron chi connectivity index (χ4n) is 2.39. The van der Waals surface area contributed by atoms with Gasteiger partial charge in [-0.1, -0.05) is 44.5 Å². The minimum atomic E-state index is -0.498. The van der Waals surface area contributed by atoms with Gasteiger partial charge in [-0.2, -0.15) is 0 Å². The molecule has 1 aliphatic rings. The van der Waals surface area contributed by atoms with Crippen LogP contribution in [0.5, 0.6) is 0 Å². The number of aliphatic hydroxyl groups is 1. The molecule has 1 heteroatoms. The first-order valence-corrected chi connectivity index (χ1v) is 6.02. The Balaban J connectivity index is 2.10. The maximum atomic E-state index is 10.4. The molecule has 1 aromatic rings. The van der Waals surface area contributed by atoms with Gasteiger partial charge < -0.3 is 5.11 Å². The van der Waals surface area contributed by atoms with Crippen LogP contribution in [0.25, 0.3) is 0 Å². The van der Waals surface area contributed by atoms with Gasteiger partial charge in [0.1, 0.15) is 0 Å². The summed E-state index contributed by atoms with van der Waals surface area (Å²) < 4.78 is 0. The molecule has 2 unspecified atom stereocenters. The molecule has 0 bridgehead atoms. The van der Waals surface area contributed by atoms with E-state index in [0.717, 1.165) is 24.8 Å². The third kappa shape index (κ3) is 1.93. The van der Waals surface area contributed by atoms with Crippen molar-refractivity contribution in [3.05, 3.63) is 35.4 Å². The monoisotopic (exact) mass is 204 g/mol. The summed E-state index contributed by atoms with van der Waals surface area (Å²) in [5.74, 6) is 0.495. The molecular formula is C14H20O. The van der Waals surface area contributed by atoms with Crippen LogP contribution < -0.4 is 0 Å². The van der Waals surface area contributed by atoms with Crippen molar-refractivity contribution in [1.82, 2.24) is 0 Å². The van der Waals surface area contributed by atoms with Gasteiger partial charge in [0.05, 0.1) is 5.60 Å². The van der Waals surface area contributed by atoms with E-state index in [1.165, 1.54) is 12.0 Å². The van der Waals surface area contributed by atoms with Gasteiger partial charge in [0.2, 0.25) is 0 Å². The fourth-order valence-corrected chi connectivity index (χ4v) is 2.39. The Labute approximate surface area is 92.1 Å². The molecule has 0 saturated heterocycles. The molecule has 1 nitrogen and oxygen atoms in total. The Morgan fingerprint density at radius 3 is 2.47 bits per heavy atom. The van der Waals surface area contributed by atoms with Crippen LogP contribution >= 0.6 is 0 Å². The maximum absolute atomic E-state index is 10.4. The van der Waals surface area contributed by atoms with Crippen molar-refractivity contribution in [3.63, 3.8) is 0 Å². The summed E-state index contributed by atoms with van der Waals surface area (Å²) in [4.78, 5) is 0. The maximum Gasteiger partial charge on any atom is 0.0929 e. The van der Waals surface area contributed by atoms with Gasteiger partial charge in [-0.3, -0.25) is 0 Å². The second-order valence-corrected chi connectivity index (χ2v) is 4.66. The second-order valence-electron chi connectivity index (χ2n) is 4.66. The van der Waals surface area contributed by atoms with E-state index in [4.69, 9.17) is 0 Å². The normalized spacial score (nSPS) is 29.1. The van der Waals surface area contributed by atoms with Gasteiger partial charge >= 0.3 is 0 Å². The number of hydrogen-bond acceptors (Lipinski definition) is 1. The van der Waals surface area contributed by atoms with E-state index in [-0.39, 0.29) is 0 Å². The fraction of sp³-hybridized carbons (Fsp3) is 0.571. The van der Waals surface area contributed by atoms with Crippen molar-refractivity contribution in [3.8, 4) is 0 Å². The van der Waals surface area contributed by atoms with E-state index >= 15 is 0 Å². The Morgan fingerprint density at radius 2 is 1.93 bits per heavy atom. The lowest BCUT2D eigenvalue weighted by atomic mass is 10.0. The van der Waals surface area contributed by atoms with Crippen molar-refractivity contribution in [2.75, 3.05) is 0 Å². The molecule has 1 saturated carbocycles. The second kappa shape index (κ2) is 3.97. The Bertz CT molecular complexity index is 328. The van der Waals surface area contributed by atoms with E-state index in [0.29, 0.717) is 5.92 Å². The lowest BCUT2D eigenvalue weighted by Gasteiger charge is -2.11. The van der Waals surface area contributed by atoms with Gasteiger partial charge in [-0.15, -0.1) is 0 Å².